The van der Waals surface area contributed by atoms with E-state index in [2.05, 4.69) is 0 Å². The smallest absolute Gasteiger partial charge is 0.255 e. The minimum absolute atomic E-state index is 0.00679. The van der Waals surface area contributed by atoms with Gasteiger partial charge >= 0.3 is 0 Å². The third-order valence-electron chi connectivity index (χ3n) is 7.56. The number of ether oxygens (including phenoxy) is 1. The van der Waals surface area contributed by atoms with Crippen LogP contribution in [0.5, 0.6) is 5.75 Å². The Morgan fingerprint density at radius 2 is 1.50 bits per heavy atom. The normalized spacial score (nSPS) is 16.4. The van der Waals surface area contributed by atoms with Crippen molar-refractivity contribution in [1.82, 2.24) is 14.8 Å². The third-order valence-corrected chi connectivity index (χ3v) is 7.56. The van der Waals surface area contributed by atoms with E-state index in [0.717, 1.165) is 30.0 Å². The number of methoxy groups -OCH3 is 1. The van der Waals surface area contributed by atoms with Gasteiger partial charge in [-0.3, -0.25) is 14.6 Å². The molecular formula is C30H33FN4O3. The largest absolute Gasteiger partial charge is 0.497 e. The van der Waals surface area contributed by atoms with Crippen LogP contribution in [0.4, 0.5) is 10.1 Å². The predicted octanol–water partition coefficient (Wildman–Crippen LogP) is 4.52. The lowest BCUT2D eigenvalue weighted by molar-refractivity contribution is 0.0702. The molecule has 2 amide bonds. The predicted molar refractivity (Wildman–Crippen MR) is 144 cm³/mol. The highest BCUT2D eigenvalue weighted by molar-refractivity contribution is 5.96. The highest BCUT2D eigenvalue weighted by Crippen LogP contribution is 2.31. The number of anilines is 1. The van der Waals surface area contributed by atoms with Crippen LogP contribution in [0.15, 0.2) is 60.7 Å². The van der Waals surface area contributed by atoms with Crippen LogP contribution in [-0.4, -0.2) is 73.0 Å². The Labute approximate surface area is 222 Å². The maximum absolute atomic E-state index is 14.2. The summed E-state index contributed by atoms with van der Waals surface area (Å²) in [7, 11) is 1.60. The number of aromatic nitrogens is 1. The second-order valence-corrected chi connectivity index (χ2v) is 9.91. The number of rotatable bonds is 5. The first-order valence-electron chi connectivity index (χ1n) is 13.1. The lowest BCUT2D eigenvalue weighted by atomic mass is 9.89. The first-order chi connectivity index (χ1) is 18.4. The van der Waals surface area contributed by atoms with Gasteiger partial charge in [-0.15, -0.1) is 0 Å². The molecule has 2 fully saturated rings. The molecule has 0 N–H and O–H groups in total. The Hall–Kier alpha value is -3.94. The standard InChI is InChI=1S/C30H33FN4O3/c1-21-7-12-25(30(37)35-19-17-33(18-20-35)27-6-4-3-5-26(27)31)28(32-21)22-13-15-34(16-14-22)29(36)23-8-10-24(38-2)11-9-23/h3-12,22H,13-20H2,1-2H3. The van der Waals surface area contributed by atoms with Crippen molar-refractivity contribution >= 4 is 17.5 Å². The maximum Gasteiger partial charge on any atom is 0.255 e. The van der Waals surface area contributed by atoms with E-state index in [1.165, 1.54) is 6.07 Å². The van der Waals surface area contributed by atoms with Gasteiger partial charge in [-0.05, 0) is 68.3 Å². The Morgan fingerprint density at radius 1 is 0.842 bits per heavy atom. The van der Waals surface area contributed by atoms with E-state index in [9.17, 15) is 14.0 Å². The van der Waals surface area contributed by atoms with E-state index >= 15 is 0 Å². The van der Waals surface area contributed by atoms with Crippen molar-refractivity contribution < 1.29 is 18.7 Å². The zero-order chi connectivity index (χ0) is 26.6. The molecule has 0 spiro atoms. The summed E-state index contributed by atoms with van der Waals surface area (Å²) in [6.45, 7) is 5.36. The molecule has 0 saturated carbocycles. The minimum atomic E-state index is -0.242. The lowest BCUT2D eigenvalue weighted by Crippen LogP contribution is -2.49. The number of halogens is 1. The molecule has 5 rings (SSSR count). The van der Waals surface area contributed by atoms with Crippen molar-refractivity contribution in [3.05, 3.63) is 89.0 Å². The molecule has 1 aromatic heterocycles. The summed E-state index contributed by atoms with van der Waals surface area (Å²) in [5, 5.41) is 0. The molecule has 0 radical (unpaired) electrons. The molecule has 2 aliphatic rings. The number of amides is 2. The highest BCUT2D eigenvalue weighted by Gasteiger charge is 2.31. The summed E-state index contributed by atoms with van der Waals surface area (Å²) >= 11 is 0. The van der Waals surface area contributed by atoms with Gasteiger partial charge in [0, 0.05) is 56.4 Å². The summed E-state index contributed by atoms with van der Waals surface area (Å²) in [5.41, 5.74) is 3.55. The van der Waals surface area contributed by atoms with E-state index in [-0.39, 0.29) is 23.5 Å². The molecule has 38 heavy (non-hydrogen) atoms. The van der Waals surface area contributed by atoms with Crippen molar-refractivity contribution in [2.45, 2.75) is 25.7 Å². The van der Waals surface area contributed by atoms with Crippen LogP contribution in [0.1, 0.15) is 50.9 Å². The van der Waals surface area contributed by atoms with Crippen molar-refractivity contribution in [2.75, 3.05) is 51.3 Å². The summed E-state index contributed by atoms with van der Waals surface area (Å²) in [4.78, 5) is 37.1. The fourth-order valence-corrected chi connectivity index (χ4v) is 5.37. The number of pyridine rings is 1. The van der Waals surface area contributed by atoms with Crippen molar-refractivity contribution in [2.24, 2.45) is 0 Å². The fraction of sp³-hybridized carbons (Fsp3) is 0.367. The number of benzene rings is 2. The van der Waals surface area contributed by atoms with Gasteiger partial charge < -0.3 is 19.4 Å². The van der Waals surface area contributed by atoms with Crippen LogP contribution in [0.3, 0.4) is 0 Å². The van der Waals surface area contributed by atoms with Crippen LogP contribution >= 0.6 is 0 Å². The Balaban J connectivity index is 1.24. The van der Waals surface area contributed by atoms with Gasteiger partial charge in [0.1, 0.15) is 11.6 Å². The van der Waals surface area contributed by atoms with E-state index < -0.39 is 0 Å². The number of piperidine rings is 1. The number of piperazine rings is 1. The maximum atomic E-state index is 14.2. The molecule has 0 bridgehead atoms. The zero-order valence-corrected chi connectivity index (χ0v) is 21.9. The first kappa shape index (κ1) is 25.7. The number of hydrogen-bond acceptors (Lipinski definition) is 5. The number of para-hydroxylation sites is 1. The SMILES string of the molecule is COc1ccc(C(=O)N2CCC(c3nc(C)ccc3C(=O)N3CCN(c4ccccc4F)CC3)CC2)cc1. The molecule has 3 heterocycles. The molecule has 8 heteroatoms. The number of hydrogen-bond donors (Lipinski definition) is 0. The molecule has 2 aliphatic heterocycles. The van der Waals surface area contributed by atoms with Crippen molar-refractivity contribution in [3.8, 4) is 5.75 Å². The molecule has 3 aromatic rings. The highest BCUT2D eigenvalue weighted by atomic mass is 19.1. The molecule has 198 valence electrons. The molecule has 7 nitrogen and oxygen atoms in total. The first-order valence-corrected chi connectivity index (χ1v) is 13.1. The second kappa shape index (κ2) is 11.2. The molecule has 0 atom stereocenters. The summed E-state index contributed by atoms with van der Waals surface area (Å²) in [5.74, 6) is 0.559. The van der Waals surface area contributed by atoms with Gasteiger partial charge in [-0.2, -0.15) is 0 Å². The van der Waals surface area contributed by atoms with Gasteiger partial charge in [-0.1, -0.05) is 12.1 Å². The van der Waals surface area contributed by atoms with E-state index in [1.54, 1.807) is 43.5 Å². The summed E-state index contributed by atoms with van der Waals surface area (Å²) in [6.07, 6.45) is 1.50. The third kappa shape index (κ3) is 5.35. The molecule has 0 unspecified atom stereocenters. The van der Waals surface area contributed by atoms with Gasteiger partial charge in [0.05, 0.1) is 24.1 Å². The van der Waals surface area contributed by atoms with Crippen molar-refractivity contribution in [1.29, 1.82) is 0 Å². The number of carbonyl (C=O) groups is 2. The number of carbonyl (C=O) groups excluding carboxylic acids is 2. The van der Waals surface area contributed by atoms with E-state index in [0.29, 0.717) is 56.1 Å². The minimum Gasteiger partial charge on any atom is -0.497 e. The van der Waals surface area contributed by atoms with Crippen LogP contribution < -0.4 is 9.64 Å². The fourth-order valence-electron chi connectivity index (χ4n) is 5.37. The van der Waals surface area contributed by atoms with Crippen LogP contribution in [0.2, 0.25) is 0 Å². The van der Waals surface area contributed by atoms with Gasteiger partial charge in [-0.25, -0.2) is 4.39 Å². The summed E-state index contributed by atoms with van der Waals surface area (Å²) < 4.78 is 19.4. The lowest BCUT2D eigenvalue weighted by Gasteiger charge is -2.37. The monoisotopic (exact) mass is 516 g/mol. The Bertz CT molecular complexity index is 1300. The van der Waals surface area contributed by atoms with Gasteiger partial charge in [0.25, 0.3) is 11.8 Å². The average Bonchev–Trinajstić information content (AvgIpc) is 2.97. The average molecular weight is 517 g/mol. The molecule has 2 aromatic carbocycles. The van der Waals surface area contributed by atoms with Crippen LogP contribution in [0.25, 0.3) is 0 Å². The topological polar surface area (TPSA) is 66.0 Å². The number of likely N-dealkylation sites (tertiary alicyclic amines) is 1. The Morgan fingerprint density at radius 3 is 2.16 bits per heavy atom. The van der Waals surface area contributed by atoms with E-state index in [4.69, 9.17) is 9.72 Å². The van der Waals surface area contributed by atoms with Crippen LogP contribution in [-0.2, 0) is 0 Å². The van der Waals surface area contributed by atoms with Crippen molar-refractivity contribution in [3.63, 3.8) is 0 Å². The number of aryl methyl sites for hydroxylation is 1. The van der Waals surface area contributed by atoms with Crippen LogP contribution in [0, 0.1) is 12.7 Å². The summed E-state index contributed by atoms with van der Waals surface area (Å²) in [6, 6.07) is 17.7. The van der Waals surface area contributed by atoms with E-state index in [1.807, 2.05) is 39.8 Å². The zero-order valence-electron chi connectivity index (χ0n) is 21.9. The molecule has 0 aliphatic carbocycles. The van der Waals surface area contributed by atoms with Gasteiger partial charge in [0.15, 0.2) is 0 Å². The second-order valence-electron chi connectivity index (χ2n) is 9.91. The Kier molecular flexibility index (Phi) is 7.58. The van der Waals surface area contributed by atoms with Gasteiger partial charge in [0.2, 0.25) is 0 Å². The quantitative estimate of drug-likeness (QED) is 0.499. The number of nitrogens with zero attached hydrogens (tertiary/aromatic N) is 4. The molecule has 2 saturated heterocycles. The molecular weight excluding hydrogens is 483 g/mol.